The van der Waals surface area contributed by atoms with E-state index in [-0.39, 0.29) is 17.4 Å². The molecule has 4 rings (SSSR count). The Morgan fingerprint density at radius 1 is 1.03 bits per heavy atom. The number of morpholine rings is 1. The third-order valence-electron chi connectivity index (χ3n) is 6.44. The van der Waals surface area contributed by atoms with Crippen LogP contribution in [-0.2, 0) is 16.0 Å². The van der Waals surface area contributed by atoms with Gasteiger partial charge in [-0.05, 0) is 53.8 Å². The van der Waals surface area contributed by atoms with Gasteiger partial charge in [0, 0.05) is 25.6 Å². The van der Waals surface area contributed by atoms with Crippen LogP contribution in [0.2, 0.25) is 0 Å². The van der Waals surface area contributed by atoms with E-state index in [1.807, 2.05) is 6.07 Å². The summed E-state index contributed by atoms with van der Waals surface area (Å²) in [7, 11) is 4.63. The number of fused-ring (bicyclic) bond motifs is 3. The average molecular weight is 483 g/mol. The molecule has 2 amide bonds. The molecule has 35 heavy (non-hydrogen) atoms. The van der Waals surface area contributed by atoms with Crippen LogP contribution in [0.25, 0.3) is 11.1 Å². The maximum absolute atomic E-state index is 13.3. The van der Waals surface area contributed by atoms with E-state index in [1.54, 1.807) is 31.3 Å². The number of aryl methyl sites for hydroxylation is 1. The Morgan fingerprint density at radius 3 is 2.37 bits per heavy atom. The Morgan fingerprint density at radius 2 is 1.74 bits per heavy atom. The highest BCUT2D eigenvalue weighted by atomic mass is 16.5. The quantitative estimate of drug-likeness (QED) is 0.698. The Balaban J connectivity index is 1.99. The number of hydrogen-bond acceptors (Lipinski definition) is 7. The third kappa shape index (κ3) is 4.68. The first-order chi connectivity index (χ1) is 16.9. The summed E-state index contributed by atoms with van der Waals surface area (Å²) in [4.78, 5) is 40.2. The van der Waals surface area contributed by atoms with Gasteiger partial charge < -0.3 is 29.2 Å². The van der Waals surface area contributed by atoms with Gasteiger partial charge in [0.25, 0.3) is 5.91 Å². The topological polar surface area (TPSA) is 103 Å². The minimum atomic E-state index is -0.417. The molecule has 186 valence electrons. The lowest BCUT2D eigenvalue weighted by atomic mass is 9.95. The zero-order valence-corrected chi connectivity index (χ0v) is 20.4. The van der Waals surface area contributed by atoms with Crippen LogP contribution in [0, 0.1) is 0 Å². The molecule has 1 aliphatic heterocycles. The van der Waals surface area contributed by atoms with E-state index >= 15 is 0 Å². The molecule has 0 bridgehead atoms. The normalized spacial score (nSPS) is 16.9. The summed E-state index contributed by atoms with van der Waals surface area (Å²) in [5, 5.41) is 3.00. The Hall–Kier alpha value is -3.59. The number of benzene rings is 1. The first-order valence-electron chi connectivity index (χ1n) is 11.5. The maximum Gasteiger partial charge on any atom is 0.257 e. The number of amides is 2. The van der Waals surface area contributed by atoms with Crippen molar-refractivity contribution in [2.75, 3.05) is 47.6 Å². The van der Waals surface area contributed by atoms with Crippen molar-refractivity contribution in [3.05, 3.63) is 51.2 Å². The molecule has 0 aromatic heterocycles. The van der Waals surface area contributed by atoms with Crippen LogP contribution in [0.5, 0.6) is 17.2 Å². The van der Waals surface area contributed by atoms with Crippen molar-refractivity contribution in [1.29, 1.82) is 0 Å². The Kier molecular flexibility index (Phi) is 7.25. The molecular formula is C26H30N2O7. The standard InChI is InChI=1S/C26H30N2O7/c1-15(29)27-20-7-5-16-13-22(32-2)24(33-3)25(34-4)23(16)17-6-8-21(30)19(14-18(17)20)26(31)28-9-11-35-12-10-28/h6,8,13-14,20H,5,7,9-12H2,1-4H3,(H,27,29)/t20-/m0/s1. The van der Waals surface area contributed by atoms with Gasteiger partial charge in [-0.3, -0.25) is 14.4 Å². The molecule has 1 heterocycles. The number of nitrogens with zero attached hydrogens (tertiary/aromatic N) is 1. The molecule has 0 spiro atoms. The summed E-state index contributed by atoms with van der Waals surface area (Å²) >= 11 is 0. The number of carbonyl (C=O) groups excluding carboxylic acids is 2. The van der Waals surface area contributed by atoms with Gasteiger partial charge in [0.05, 0.1) is 46.1 Å². The van der Waals surface area contributed by atoms with E-state index in [2.05, 4.69) is 5.32 Å². The summed E-state index contributed by atoms with van der Waals surface area (Å²) in [5.41, 5.74) is 2.69. The molecule has 2 aromatic rings. The van der Waals surface area contributed by atoms with E-state index in [4.69, 9.17) is 18.9 Å². The van der Waals surface area contributed by atoms with Crippen molar-refractivity contribution >= 4 is 11.8 Å². The fourth-order valence-corrected chi connectivity index (χ4v) is 4.82. The SMILES string of the molecule is COc1cc2c(c(OC)c1OC)-c1ccc(=O)c(C(=O)N3CCOCC3)cc1[C@@H](NC(C)=O)CC2. The highest BCUT2D eigenvalue weighted by molar-refractivity contribution is 5.95. The molecule has 0 unspecified atom stereocenters. The number of carbonyl (C=O) groups is 2. The number of nitrogens with one attached hydrogen (secondary N) is 1. The van der Waals surface area contributed by atoms with E-state index in [0.717, 1.165) is 11.1 Å². The van der Waals surface area contributed by atoms with Gasteiger partial charge in [0.1, 0.15) is 0 Å². The van der Waals surface area contributed by atoms with Crippen LogP contribution >= 0.6 is 0 Å². The molecule has 1 fully saturated rings. The van der Waals surface area contributed by atoms with Gasteiger partial charge in [-0.1, -0.05) is 0 Å². The van der Waals surface area contributed by atoms with Gasteiger partial charge in [-0.15, -0.1) is 0 Å². The lowest BCUT2D eigenvalue weighted by Crippen LogP contribution is -2.42. The number of hydrogen-bond donors (Lipinski definition) is 1. The van der Waals surface area contributed by atoms with Gasteiger partial charge in [0.15, 0.2) is 16.9 Å². The summed E-state index contributed by atoms with van der Waals surface area (Å²) in [6.45, 7) is 3.14. The van der Waals surface area contributed by atoms with Crippen LogP contribution in [-0.4, -0.2) is 64.3 Å². The lowest BCUT2D eigenvalue weighted by molar-refractivity contribution is -0.119. The Bertz CT molecular complexity index is 1210. The smallest absolute Gasteiger partial charge is 0.257 e. The molecule has 1 atom stereocenters. The highest BCUT2D eigenvalue weighted by Gasteiger charge is 2.30. The summed E-state index contributed by atoms with van der Waals surface area (Å²) in [6.07, 6.45) is 1.16. The van der Waals surface area contributed by atoms with Gasteiger partial charge in [-0.2, -0.15) is 0 Å². The summed E-state index contributed by atoms with van der Waals surface area (Å²) in [5.74, 6) is 0.865. The number of ether oxygens (including phenoxy) is 4. The zero-order valence-electron chi connectivity index (χ0n) is 20.4. The molecule has 9 nitrogen and oxygen atoms in total. The van der Waals surface area contributed by atoms with Crippen molar-refractivity contribution in [1.82, 2.24) is 10.2 Å². The van der Waals surface area contributed by atoms with Crippen molar-refractivity contribution in [2.45, 2.75) is 25.8 Å². The molecular weight excluding hydrogens is 452 g/mol. The second-order valence-electron chi connectivity index (χ2n) is 8.50. The minimum absolute atomic E-state index is 0.0615. The molecule has 2 aliphatic rings. The van der Waals surface area contributed by atoms with Gasteiger partial charge in [-0.25, -0.2) is 0 Å². The molecule has 1 saturated heterocycles. The molecule has 1 aliphatic carbocycles. The fourth-order valence-electron chi connectivity index (χ4n) is 4.82. The molecule has 0 saturated carbocycles. The number of rotatable bonds is 5. The predicted molar refractivity (Wildman–Crippen MR) is 129 cm³/mol. The van der Waals surface area contributed by atoms with E-state index in [1.165, 1.54) is 20.1 Å². The van der Waals surface area contributed by atoms with Crippen molar-refractivity contribution in [3.63, 3.8) is 0 Å². The largest absolute Gasteiger partial charge is 0.493 e. The van der Waals surface area contributed by atoms with E-state index in [0.29, 0.717) is 67.5 Å². The van der Waals surface area contributed by atoms with Crippen molar-refractivity contribution in [3.8, 4) is 28.4 Å². The van der Waals surface area contributed by atoms with Gasteiger partial charge in [0.2, 0.25) is 11.7 Å². The molecule has 9 heteroatoms. The Labute approximate surface area is 203 Å². The van der Waals surface area contributed by atoms with Crippen LogP contribution < -0.4 is 25.0 Å². The highest BCUT2D eigenvalue weighted by Crippen LogP contribution is 2.50. The molecule has 1 N–H and O–H groups in total. The van der Waals surface area contributed by atoms with Crippen molar-refractivity contribution < 1.29 is 28.5 Å². The minimum Gasteiger partial charge on any atom is -0.493 e. The van der Waals surface area contributed by atoms with E-state index in [9.17, 15) is 14.4 Å². The molecule has 0 radical (unpaired) electrons. The third-order valence-corrected chi connectivity index (χ3v) is 6.44. The number of methoxy groups -OCH3 is 3. The van der Waals surface area contributed by atoms with Crippen LogP contribution in [0.15, 0.2) is 29.1 Å². The lowest BCUT2D eigenvalue weighted by Gasteiger charge is -2.26. The summed E-state index contributed by atoms with van der Waals surface area (Å²) < 4.78 is 22.3. The van der Waals surface area contributed by atoms with Crippen LogP contribution in [0.4, 0.5) is 0 Å². The average Bonchev–Trinajstić information content (AvgIpc) is 3.12. The zero-order chi connectivity index (χ0) is 25.1. The first-order valence-corrected chi connectivity index (χ1v) is 11.5. The molecule has 2 aromatic carbocycles. The summed E-state index contributed by atoms with van der Waals surface area (Å²) in [6, 6.07) is 6.20. The van der Waals surface area contributed by atoms with Crippen LogP contribution in [0.3, 0.4) is 0 Å². The monoisotopic (exact) mass is 482 g/mol. The fraction of sp³-hybridized carbons (Fsp3) is 0.423. The second kappa shape index (κ2) is 10.4. The maximum atomic E-state index is 13.3. The van der Waals surface area contributed by atoms with E-state index < -0.39 is 11.5 Å². The second-order valence-corrected chi connectivity index (χ2v) is 8.50. The predicted octanol–water partition coefficient (Wildman–Crippen LogP) is 2.34. The van der Waals surface area contributed by atoms with Crippen molar-refractivity contribution in [2.24, 2.45) is 0 Å². The van der Waals surface area contributed by atoms with Gasteiger partial charge >= 0.3 is 0 Å². The van der Waals surface area contributed by atoms with Crippen LogP contribution in [0.1, 0.15) is 40.9 Å². The first kappa shape index (κ1) is 24.5.